The van der Waals surface area contributed by atoms with Gasteiger partial charge in [0.05, 0.1) is 22.4 Å². The van der Waals surface area contributed by atoms with Crippen molar-refractivity contribution in [1.82, 2.24) is 24.4 Å². The highest BCUT2D eigenvalue weighted by Gasteiger charge is 2.51. The fourth-order valence-corrected chi connectivity index (χ4v) is 5.00. The molecule has 2 fully saturated rings. The van der Waals surface area contributed by atoms with Crippen molar-refractivity contribution in [3.63, 3.8) is 0 Å². The number of anilines is 2. The molecule has 0 unspecified atom stereocenters. The lowest BCUT2D eigenvalue weighted by Crippen LogP contribution is -2.71. The molecular weight excluding hydrogens is 393 g/mol. The second kappa shape index (κ2) is 6.27. The summed E-state index contributed by atoms with van der Waals surface area (Å²) in [5.74, 6) is 0.517. The number of halogens is 2. The first-order chi connectivity index (χ1) is 13.8. The predicted molar refractivity (Wildman–Crippen MR) is 113 cm³/mol. The van der Waals surface area contributed by atoms with E-state index >= 15 is 4.39 Å². The lowest BCUT2D eigenvalue weighted by atomic mass is 9.73. The molecule has 5 rings (SSSR count). The third-order valence-electron chi connectivity index (χ3n) is 5.83. The normalized spacial score (nSPS) is 18.5. The van der Waals surface area contributed by atoms with Crippen molar-refractivity contribution in [1.29, 1.82) is 0 Å². The second-order valence-corrected chi connectivity index (χ2v) is 9.06. The zero-order chi connectivity index (χ0) is 20.5. The molecule has 2 N–H and O–H groups in total. The molecule has 1 spiro atoms. The van der Waals surface area contributed by atoms with Crippen LogP contribution in [-0.4, -0.2) is 57.6 Å². The van der Waals surface area contributed by atoms with Crippen LogP contribution in [0.3, 0.4) is 0 Å². The minimum atomic E-state index is -0.398. The summed E-state index contributed by atoms with van der Waals surface area (Å²) < 4.78 is 17.2. The largest absolute Gasteiger partial charge is 0.368 e. The molecule has 2 saturated heterocycles. The summed E-state index contributed by atoms with van der Waals surface area (Å²) in [6.07, 6.45) is 1.43. The van der Waals surface area contributed by atoms with Crippen molar-refractivity contribution in [2.24, 2.45) is 5.41 Å². The van der Waals surface area contributed by atoms with Gasteiger partial charge in [-0.25, -0.2) is 19.3 Å². The van der Waals surface area contributed by atoms with Crippen LogP contribution in [0.4, 0.5) is 16.3 Å². The number of hydrogen-bond acceptors (Lipinski definition) is 6. The van der Waals surface area contributed by atoms with E-state index in [0.29, 0.717) is 27.2 Å². The van der Waals surface area contributed by atoms with Crippen LogP contribution in [-0.2, 0) is 0 Å². The topological polar surface area (TPSA) is 76.1 Å². The maximum Gasteiger partial charge on any atom is 0.220 e. The number of likely N-dealkylation sites (tertiary alicyclic amines) is 1. The van der Waals surface area contributed by atoms with Crippen LogP contribution < -0.4 is 10.6 Å². The predicted octanol–water partition coefficient (Wildman–Crippen LogP) is 3.20. The fourth-order valence-electron chi connectivity index (χ4n) is 4.80. The van der Waals surface area contributed by atoms with Gasteiger partial charge in [-0.3, -0.25) is 0 Å². The second-order valence-electron chi connectivity index (χ2n) is 8.65. The van der Waals surface area contributed by atoms with Gasteiger partial charge in [0.2, 0.25) is 11.9 Å². The SMILES string of the molecule is CC(C)n1c(N2CC3(CN(C)C3)C2)nc2c(F)cc(-c3nc(N)ncc3Cl)cc21. The lowest BCUT2D eigenvalue weighted by Gasteiger charge is -2.59. The zero-order valence-corrected chi connectivity index (χ0v) is 17.4. The van der Waals surface area contributed by atoms with Crippen LogP contribution in [0.5, 0.6) is 0 Å². The van der Waals surface area contributed by atoms with Gasteiger partial charge < -0.3 is 20.1 Å². The van der Waals surface area contributed by atoms with Crippen molar-refractivity contribution in [3.8, 4) is 11.3 Å². The van der Waals surface area contributed by atoms with E-state index in [1.807, 2.05) is 6.07 Å². The number of fused-ring (bicyclic) bond motifs is 1. The summed E-state index contributed by atoms with van der Waals surface area (Å²) in [6.45, 7) is 8.29. The van der Waals surface area contributed by atoms with E-state index in [0.717, 1.165) is 37.6 Å². The van der Waals surface area contributed by atoms with Gasteiger partial charge in [-0.15, -0.1) is 0 Å². The molecule has 152 valence electrons. The molecule has 0 atom stereocenters. The van der Waals surface area contributed by atoms with Crippen LogP contribution in [0.15, 0.2) is 18.3 Å². The Labute approximate surface area is 173 Å². The molecule has 0 bridgehead atoms. The molecule has 2 aliphatic rings. The van der Waals surface area contributed by atoms with E-state index in [-0.39, 0.29) is 12.0 Å². The summed E-state index contributed by atoms with van der Waals surface area (Å²) in [5.41, 5.74) is 8.14. The van der Waals surface area contributed by atoms with Crippen molar-refractivity contribution in [3.05, 3.63) is 29.2 Å². The lowest BCUT2D eigenvalue weighted by molar-refractivity contribution is -0.00359. The van der Waals surface area contributed by atoms with E-state index in [1.54, 1.807) is 0 Å². The summed E-state index contributed by atoms with van der Waals surface area (Å²) in [7, 11) is 2.14. The highest BCUT2D eigenvalue weighted by Crippen LogP contribution is 2.43. The average Bonchev–Trinajstić information content (AvgIpc) is 2.98. The maximum absolute atomic E-state index is 15.1. The minimum absolute atomic E-state index is 0.0966. The van der Waals surface area contributed by atoms with Crippen molar-refractivity contribution < 1.29 is 4.39 Å². The average molecular weight is 416 g/mol. The number of nitrogens with zero attached hydrogens (tertiary/aromatic N) is 6. The Morgan fingerprint density at radius 3 is 2.55 bits per heavy atom. The van der Waals surface area contributed by atoms with Gasteiger partial charge in [0.1, 0.15) is 5.52 Å². The Bertz CT molecular complexity index is 1110. The minimum Gasteiger partial charge on any atom is -0.368 e. The van der Waals surface area contributed by atoms with Gasteiger partial charge in [-0.1, -0.05) is 11.6 Å². The van der Waals surface area contributed by atoms with E-state index in [1.165, 1.54) is 12.3 Å². The van der Waals surface area contributed by atoms with Crippen molar-refractivity contribution >= 4 is 34.5 Å². The van der Waals surface area contributed by atoms with Crippen LogP contribution in [0.25, 0.3) is 22.3 Å². The van der Waals surface area contributed by atoms with Gasteiger partial charge in [0.25, 0.3) is 0 Å². The first-order valence-corrected chi connectivity index (χ1v) is 10.1. The highest BCUT2D eigenvalue weighted by atomic mass is 35.5. The summed E-state index contributed by atoms with van der Waals surface area (Å²) in [6, 6.07) is 3.42. The molecule has 0 radical (unpaired) electrons. The molecule has 7 nitrogen and oxygen atoms in total. The van der Waals surface area contributed by atoms with Gasteiger partial charge in [0.15, 0.2) is 5.82 Å². The molecule has 0 aliphatic carbocycles. The molecule has 3 aromatic rings. The number of rotatable bonds is 3. The van der Waals surface area contributed by atoms with Gasteiger partial charge in [0, 0.05) is 43.2 Å². The number of aromatic nitrogens is 4. The smallest absolute Gasteiger partial charge is 0.220 e. The van der Waals surface area contributed by atoms with Gasteiger partial charge >= 0.3 is 0 Å². The van der Waals surface area contributed by atoms with Gasteiger partial charge in [-0.05, 0) is 33.0 Å². The molecule has 4 heterocycles. The first kappa shape index (κ1) is 18.6. The Morgan fingerprint density at radius 1 is 1.17 bits per heavy atom. The molecular formula is C20H23ClFN7. The van der Waals surface area contributed by atoms with Gasteiger partial charge in [-0.2, -0.15) is 0 Å². The molecule has 2 aromatic heterocycles. The Hall–Kier alpha value is -2.45. The number of nitrogen functional groups attached to an aromatic ring is 1. The van der Waals surface area contributed by atoms with Crippen molar-refractivity contribution in [2.45, 2.75) is 19.9 Å². The van der Waals surface area contributed by atoms with Crippen LogP contribution in [0.2, 0.25) is 5.02 Å². The number of imidazole rings is 1. The Morgan fingerprint density at radius 2 is 1.90 bits per heavy atom. The number of nitrogens with two attached hydrogens (primary N) is 1. The molecule has 29 heavy (non-hydrogen) atoms. The monoisotopic (exact) mass is 415 g/mol. The van der Waals surface area contributed by atoms with E-state index < -0.39 is 5.82 Å². The standard InChI is InChI=1S/C20H23ClFN7/c1-11(2)29-15-5-12(16-13(21)6-24-18(23)25-16)4-14(22)17(15)26-19(29)28-9-20(10-28)7-27(3)8-20/h4-6,11H,7-10H2,1-3H3,(H2,23,24,25). The summed E-state index contributed by atoms with van der Waals surface area (Å²) in [5, 5.41) is 0.326. The molecule has 0 saturated carbocycles. The highest BCUT2D eigenvalue weighted by molar-refractivity contribution is 6.33. The quantitative estimate of drug-likeness (QED) is 0.708. The maximum atomic E-state index is 15.1. The Kier molecular flexibility index (Phi) is 4.02. The third-order valence-corrected chi connectivity index (χ3v) is 6.11. The van der Waals surface area contributed by atoms with Crippen LogP contribution in [0, 0.1) is 11.2 Å². The molecule has 2 aliphatic heterocycles. The Balaban J connectivity index is 1.61. The molecule has 1 aromatic carbocycles. The van der Waals surface area contributed by atoms with E-state index in [4.69, 9.17) is 17.3 Å². The fraction of sp³-hybridized carbons (Fsp3) is 0.450. The number of hydrogen-bond donors (Lipinski definition) is 1. The third kappa shape index (κ3) is 2.85. The number of benzene rings is 1. The zero-order valence-electron chi connectivity index (χ0n) is 16.7. The van der Waals surface area contributed by atoms with Crippen LogP contribution >= 0.6 is 11.6 Å². The van der Waals surface area contributed by atoms with E-state index in [2.05, 4.69) is 50.2 Å². The summed E-state index contributed by atoms with van der Waals surface area (Å²) >= 11 is 6.25. The molecule has 0 amide bonds. The van der Waals surface area contributed by atoms with Crippen LogP contribution in [0.1, 0.15) is 19.9 Å². The summed E-state index contributed by atoms with van der Waals surface area (Å²) in [4.78, 5) is 17.4. The van der Waals surface area contributed by atoms with Crippen molar-refractivity contribution in [2.75, 3.05) is 43.9 Å². The van der Waals surface area contributed by atoms with E-state index in [9.17, 15) is 0 Å². The first-order valence-electron chi connectivity index (χ1n) is 9.70. The molecule has 9 heteroatoms.